The van der Waals surface area contributed by atoms with Crippen molar-refractivity contribution in [2.24, 2.45) is 0 Å². The minimum atomic E-state index is -3.62. The first kappa shape index (κ1) is 14.4. The highest BCUT2D eigenvalue weighted by Gasteiger charge is 2.36. The molecule has 0 amide bonds. The molecule has 21 heavy (non-hydrogen) atoms. The normalized spacial score (nSPS) is 17.8. The molecule has 0 saturated carbocycles. The quantitative estimate of drug-likeness (QED) is 0.830. The van der Waals surface area contributed by atoms with Gasteiger partial charge >= 0.3 is 0 Å². The van der Waals surface area contributed by atoms with Crippen molar-refractivity contribution in [2.75, 3.05) is 10.0 Å². The summed E-state index contributed by atoms with van der Waals surface area (Å²) in [6.07, 6.45) is 0.724. The second-order valence-corrected chi connectivity index (χ2v) is 7.81. The van der Waals surface area contributed by atoms with Crippen molar-refractivity contribution in [1.82, 2.24) is 0 Å². The van der Waals surface area contributed by atoms with E-state index in [9.17, 15) is 8.42 Å². The number of rotatable bonds is 2. The summed E-state index contributed by atoms with van der Waals surface area (Å²) in [5, 5.41) is 0. The van der Waals surface area contributed by atoms with Crippen molar-refractivity contribution in [3.05, 3.63) is 52.5 Å². The zero-order chi connectivity index (χ0) is 15.2. The molecule has 0 spiro atoms. The van der Waals surface area contributed by atoms with Crippen molar-refractivity contribution in [1.29, 1.82) is 0 Å². The Hall–Kier alpha value is -1.53. The van der Waals surface area contributed by atoms with E-state index in [0.717, 1.165) is 17.7 Å². The Kier molecular flexibility index (Phi) is 3.45. The van der Waals surface area contributed by atoms with Crippen LogP contribution < -0.4 is 10.0 Å². The number of anilines is 2. The highest BCUT2D eigenvalue weighted by atomic mass is 79.9. The molecule has 2 N–H and O–H groups in total. The second-order valence-electron chi connectivity index (χ2n) is 5.17. The molecule has 0 radical (unpaired) electrons. The predicted molar refractivity (Wildman–Crippen MR) is 87.8 cm³/mol. The number of sulfonamides is 1. The topological polar surface area (TPSA) is 63.4 Å². The van der Waals surface area contributed by atoms with E-state index in [1.807, 2.05) is 31.2 Å². The van der Waals surface area contributed by atoms with E-state index in [1.165, 1.54) is 4.31 Å². The SMILES string of the molecule is CC1Cc2ccccc2N1S(=O)(=O)c1ccc(N)cc1Br. The molecule has 4 nitrogen and oxygen atoms in total. The van der Waals surface area contributed by atoms with Crippen LogP contribution in [0.1, 0.15) is 12.5 Å². The molecule has 6 heteroatoms. The molecule has 1 aliphatic rings. The standard InChI is InChI=1S/C15H15BrN2O2S/c1-10-8-11-4-2-3-5-14(11)18(10)21(19,20)15-7-6-12(17)9-13(15)16/h2-7,9-10H,8,17H2,1H3. The van der Waals surface area contributed by atoms with Crippen molar-refractivity contribution in [3.63, 3.8) is 0 Å². The lowest BCUT2D eigenvalue weighted by Crippen LogP contribution is -2.35. The first-order valence-corrected chi connectivity index (χ1v) is 8.82. The van der Waals surface area contributed by atoms with Gasteiger partial charge in [-0.2, -0.15) is 0 Å². The molecule has 0 bridgehead atoms. The molecular weight excluding hydrogens is 352 g/mol. The zero-order valence-corrected chi connectivity index (χ0v) is 13.9. The first-order chi connectivity index (χ1) is 9.91. The van der Waals surface area contributed by atoms with Gasteiger partial charge in [0.2, 0.25) is 0 Å². The van der Waals surface area contributed by atoms with Crippen molar-refractivity contribution in [2.45, 2.75) is 24.3 Å². The molecule has 1 unspecified atom stereocenters. The van der Waals surface area contributed by atoms with Crippen LogP contribution in [0.2, 0.25) is 0 Å². The highest BCUT2D eigenvalue weighted by molar-refractivity contribution is 9.10. The third-order valence-electron chi connectivity index (χ3n) is 3.64. The van der Waals surface area contributed by atoms with Gasteiger partial charge in [-0.1, -0.05) is 18.2 Å². The Morgan fingerprint density at radius 1 is 1.24 bits per heavy atom. The molecule has 0 aromatic heterocycles. The highest BCUT2D eigenvalue weighted by Crippen LogP contribution is 2.38. The molecular formula is C15H15BrN2O2S. The first-order valence-electron chi connectivity index (χ1n) is 6.58. The predicted octanol–water partition coefficient (Wildman–Crippen LogP) is 3.17. The maximum absolute atomic E-state index is 13.0. The smallest absolute Gasteiger partial charge is 0.265 e. The van der Waals surface area contributed by atoms with E-state index in [0.29, 0.717) is 10.2 Å². The van der Waals surface area contributed by atoms with Crippen molar-refractivity contribution in [3.8, 4) is 0 Å². The average molecular weight is 367 g/mol. The Morgan fingerprint density at radius 3 is 2.67 bits per heavy atom. The number of para-hydroxylation sites is 1. The van der Waals surface area contributed by atoms with E-state index < -0.39 is 10.0 Å². The van der Waals surface area contributed by atoms with Crippen LogP contribution in [0.15, 0.2) is 51.8 Å². The van der Waals surface area contributed by atoms with Crippen LogP contribution in [0.3, 0.4) is 0 Å². The maximum atomic E-state index is 13.0. The van der Waals surface area contributed by atoms with Gasteiger partial charge in [0.1, 0.15) is 4.90 Å². The molecule has 2 aromatic rings. The van der Waals surface area contributed by atoms with Gasteiger partial charge in [-0.3, -0.25) is 4.31 Å². The molecule has 1 aliphatic heterocycles. The van der Waals surface area contributed by atoms with Crippen LogP contribution >= 0.6 is 15.9 Å². The molecule has 0 fully saturated rings. The minimum Gasteiger partial charge on any atom is -0.399 e. The number of halogens is 1. The number of benzene rings is 2. The summed E-state index contributed by atoms with van der Waals surface area (Å²) in [7, 11) is -3.62. The van der Waals surface area contributed by atoms with Crippen molar-refractivity contribution >= 4 is 37.3 Å². The second kappa shape index (κ2) is 5.03. The Bertz CT molecular complexity index is 805. The summed E-state index contributed by atoms with van der Waals surface area (Å²) in [5.41, 5.74) is 8.03. The zero-order valence-electron chi connectivity index (χ0n) is 11.5. The summed E-state index contributed by atoms with van der Waals surface area (Å²) in [4.78, 5) is 0.236. The van der Waals surface area contributed by atoms with Gasteiger partial charge in [-0.25, -0.2) is 8.42 Å². The lowest BCUT2D eigenvalue weighted by molar-refractivity contribution is 0.584. The van der Waals surface area contributed by atoms with Gasteiger partial charge in [0.15, 0.2) is 0 Å². The Labute approximate surface area is 132 Å². The van der Waals surface area contributed by atoms with Crippen LogP contribution in [0, 0.1) is 0 Å². The third-order valence-corrected chi connectivity index (χ3v) is 6.54. The number of hydrogen-bond acceptors (Lipinski definition) is 3. The Balaban J connectivity index is 2.15. The van der Waals surface area contributed by atoms with E-state index in [4.69, 9.17) is 5.73 Å². The fourth-order valence-electron chi connectivity index (χ4n) is 2.74. The number of nitrogens with zero attached hydrogens (tertiary/aromatic N) is 1. The van der Waals surface area contributed by atoms with E-state index in [2.05, 4.69) is 15.9 Å². The van der Waals surface area contributed by atoms with Gasteiger partial charge in [0, 0.05) is 16.2 Å². The molecule has 2 aromatic carbocycles. The molecule has 1 heterocycles. The lowest BCUT2D eigenvalue weighted by atomic mass is 10.1. The largest absolute Gasteiger partial charge is 0.399 e. The maximum Gasteiger partial charge on any atom is 0.265 e. The van der Waals surface area contributed by atoms with E-state index in [-0.39, 0.29) is 10.9 Å². The molecule has 0 aliphatic carbocycles. The fourth-order valence-corrected chi connectivity index (χ4v) is 5.49. The van der Waals surface area contributed by atoms with Gasteiger partial charge < -0.3 is 5.73 Å². The number of nitrogen functional groups attached to an aromatic ring is 1. The average Bonchev–Trinajstić information content (AvgIpc) is 2.74. The van der Waals surface area contributed by atoms with E-state index >= 15 is 0 Å². The van der Waals surface area contributed by atoms with Gasteiger partial charge in [0.05, 0.1) is 5.69 Å². The lowest BCUT2D eigenvalue weighted by Gasteiger charge is -2.25. The fraction of sp³-hybridized carbons (Fsp3) is 0.200. The van der Waals surface area contributed by atoms with Gasteiger partial charge in [-0.05, 0) is 59.1 Å². The van der Waals surface area contributed by atoms with Gasteiger partial charge in [0.25, 0.3) is 10.0 Å². The monoisotopic (exact) mass is 366 g/mol. The van der Waals surface area contributed by atoms with Crippen molar-refractivity contribution < 1.29 is 8.42 Å². The molecule has 3 rings (SSSR count). The summed E-state index contributed by atoms with van der Waals surface area (Å²) < 4.78 is 28.0. The van der Waals surface area contributed by atoms with E-state index in [1.54, 1.807) is 18.2 Å². The van der Waals surface area contributed by atoms with Crippen LogP contribution in [0.4, 0.5) is 11.4 Å². The van der Waals surface area contributed by atoms with Gasteiger partial charge in [-0.15, -0.1) is 0 Å². The summed E-state index contributed by atoms with van der Waals surface area (Å²) in [6, 6.07) is 12.3. The van der Waals surface area contributed by atoms with Crippen LogP contribution in [0.5, 0.6) is 0 Å². The van der Waals surface area contributed by atoms with Crippen LogP contribution in [-0.4, -0.2) is 14.5 Å². The summed E-state index contributed by atoms with van der Waals surface area (Å²) >= 11 is 3.30. The number of hydrogen-bond donors (Lipinski definition) is 1. The van der Waals surface area contributed by atoms with Crippen LogP contribution in [-0.2, 0) is 16.4 Å². The summed E-state index contributed by atoms with van der Waals surface area (Å²) in [5.74, 6) is 0. The molecule has 0 saturated heterocycles. The minimum absolute atomic E-state index is 0.100. The van der Waals surface area contributed by atoms with Crippen LogP contribution in [0.25, 0.3) is 0 Å². The molecule has 1 atom stereocenters. The third kappa shape index (κ3) is 2.32. The number of nitrogens with two attached hydrogens (primary N) is 1. The molecule has 110 valence electrons. The summed E-state index contributed by atoms with van der Waals surface area (Å²) in [6.45, 7) is 1.92. The Morgan fingerprint density at radius 2 is 1.95 bits per heavy atom. The number of fused-ring (bicyclic) bond motifs is 1.